The van der Waals surface area contributed by atoms with E-state index in [1.807, 2.05) is 20.0 Å². The number of hydrogen-bond acceptors (Lipinski definition) is 3. The molecule has 5 nitrogen and oxygen atoms in total. The van der Waals surface area contributed by atoms with Gasteiger partial charge in [-0.05, 0) is 38.7 Å². The molecular formula is C13H21ClN4O. The molecule has 6 heteroatoms. The summed E-state index contributed by atoms with van der Waals surface area (Å²) in [7, 11) is 1.81. The maximum Gasteiger partial charge on any atom is 0.269 e. The fourth-order valence-corrected chi connectivity index (χ4v) is 3.26. The molecule has 0 spiro atoms. The summed E-state index contributed by atoms with van der Waals surface area (Å²) in [4.78, 5) is 12.2. The van der Waals surface area contributed by atoms with Crippen LogP contribution in [0.25, 0.3) is 0 Å². The van der Waals surface area contributed by atoms with E-state index in [-0.39, 0.29) is 18.3 Å². The third kappa shape index (κ3) is 2.92. The molecule has 2 fully saturated rings. The van der Waals surface area contributed by atoms with E-state index in [1.54, 1.807) is 4.68 Å². The molecule has 3 rings (SSSR count). The van der Waals surface area contributed by atoms with Crippen molar-refractivity contribution in [2.75, 3.05) is 0 Å². The third-order valence-electron chi connectivity index (χ3n) is 4.04. The van der Waals surface area contributed by atoms with Crippen LogP contribution in [0, 0.1) is 6.92 Å². The smallest absolute Gasteiger partial charge is 0.269 e. The second kappa shape index (κ2) is 5.51. The molecule has 1 aromatic heterocycles. The van der Waals surface area contributed by atoms with Gasteiger partial charge in [0, 0.05) is 25.2 Å². The molecule has 0 aromatic carbocycles. The van der Waals surface area contributed by atoms with Crippen LogP contribution in [0.3, 0.4) is 0 Å². The van der Waals surface area contributed by atoms with Crippen molar-refractivity contribution in [3.63, 3.8) is 0 Å². The van der Waals surface area contributed by atoms with Crippen molar-refractivity contribution < 1.29 is 4.79 Å². The van der Waals surface area contributed by atoms with E-state index in [2.05, 4.69) is 15.7 Å². The minimum absolute atomic E-state index is 0. The van der Waals surface area contributed by atoms with Crippen molar-refractivity contribution in [2.45, 2.75) is 50.7 Å². The van der Waals surface area contributed by atoms with Gasteiger partial charge in [0.1, 0.15) is 5.69 Å². The summed E-state index contributed by atoms with van der Waals surface area (Å²) < 4.78 is 1.65. The van der Waals surface area contributed by atoms with E-state index in [9.17, 15) is 4.79 Å². The normalized spacial score (nSPS) is 28.8. The summed E-state index contributed by atoms with van der Waals surface area (Å²) in [5, 5.41) is 10.9. The molecule has 0 saturated carbocycles. The molecule has 1 aromatic rings. The van der Waals surface area contributed by atoms with Crippen LogP contribution in [-0.2, 0) is 7.05 Å². The number of carbonyl (C=O) groups is 1. The number of aryl methyl sites for hydroxylation is 2. The molecule has 2 aliphatic rings. The Morgan fingerprint density at radius 2 is 2.05 bits per heavy atom. The molecule has 2 N–H and O–H groups in total. The average molecular weight is 285 g/mol. The van der Waals surface area contributed by atoms with E-state index in [1.165, 1.54) is 12.8 Å². The van der Waals surface area contributed by atoms with E-state index in [0.29, 0.717) is 23.8 Å². The Morgan fingerprint density at radius 3 is 2.58 bits per heavy atom. The number of nitrogens with one attached hydrogen (secondary N) is 2. The molecule has 2 bridgehead atoms. The van der Waals surface area contributed by atoms with Crippen LogP contribution in [0.2, 0.25) is 0 Å². The van der Waals surface area contributed by atoms with Crippen molar-refractivity contribution in [3.8, 4) is 0 Å². The highest BCUT2D eigenvalue weighted by Gasteiger charge is 2.34. The summed E-state index contributed by atoms with van der Waals surface area (Å²) in [6.45, 7) is 1.90. The zero-order valence-electron chi connectivity index (χ0n) is 11.3. The van der Waals surface area contributed by atoms with E-state index >= 15 is 0 Å². The van der Waals surface area contributed by atoms with Crippen LogP contribution < -0.4 is 10.6 Å². The maximum absolute atomic E-state index is 12.2. The van der Waals surface area contributed by atoms with Crippen LogP contribution in [0.5, 0.6) is 0 Å². The minimum Gasteiger partial charge on any atom is -0.348 e. The highest BCUT2D eigenvalue weighted by atomic mass is 35.5. The summed E-state index contributed by atoms with van der Waals surface area (Å²) in [6.07, 6.45) is 4.61. The van der Waals surface area contributed by atoms with Crippen molar-refractivity contribution in [1.82, 2.24) is 20.4 Å². The zero-order chi connectivity index (χ0) is 12.7. The Bertz CT molecular complexity index is 461. The van der Waals surface area contributed by atoms with Gasteiger partial charge in [0.05, 0.1) is 5.69 Å². The van der Waals surface area contributed by atoms with Gasteiger partial charge in [0.15, 0.2) is 0 Å². The van der Waals surface area contributed by atoms with Crippen LogP contribution in [-0.4, -0.2) is 33.8 Å². The largest absolute Gasteiger partial charge is 0.348 e. The predicted molar refractivity (Wildman–Crippen MR) is 75.6 cm³/mol. The molecule has 19 heavy (non-hydrogen) atoms. The number of rotatable bonds is 2. The van der Waals surface area contributed by atoms with Gasteiger partial charge in [-0.1, -0.05) is 0 Å². The van der Waals surface area contributed by atoms with Gasteiger partial charge in [0.25, 0.3) is 5.91 Å². The first kappa shape index (κ1) is 14.3. The molecule has 0 radical (unpaired) electrons. The predicted octanol–water partition coefficient (Wildman–Crippen LogP) is 1.16. The number of amides is 1. The summed E-state index contributed by atoms with van der Waals surface area (Å²) in [6, 6.07) is 3.35. The second-order valence-corrected chi connectivity index (χ2v) is 5.57. The number of nitrogens with zero attached hydrogens (tertiary/aromatic N) is 2. The summed E-state index contributed by atoms with van der Waals surface area (Å²) >= 11 is 0. The molecule has 2 unspecified atom stereocenters. The van der Waals surface area contributed by atoms with Gasteiger partial charge in [-0.25, -0.2) is 0 Å². The Morgan fingerprint density at radius 1 is 1.42 bits per heavy atom. The lowest BCUT2D eigenvalue weighted by molar-refractivity contribution is 0.0914. The van der Waals surface area contributed by atoms with Gasteiger partial charge in [-0.3, -0.25) is 9.48 Å². The third-order valence-corrected chi connectivity index (χ3v) is 4.04. The second-order valence-electron chi connectivity index (χ2n) is 5.57. The fraction of sp³-hybridized carbons (Fsp3) is 0.692. The number of fused-ring (bicyclic) bond motifs is 2. The van der Waals surface area contributed by atoms with Gasteiger partial charge >= 0.3 is 0 Å². The number of halogens is 1. The molecule has 2 aliphatic heterocycles. The number of aromatic nitrogens is 2. The maximum atomic E-state index is 12.2. The summed E-state index contributed by atoms with van der Waals surface area (Å²) in [5.74, 6) is 0.00407. The van der Waals surface area contributed by atoms with Crippen LogP contribution in [0.1, 0.15) is 41.9 Å². The van der Waals surface area contributed by atoms with E-state index < -0.39 is 0 Å². The SMILES string of the molecule is Cc1cc(C(=O)NC2CC3CCC(C2)N3)n(C)n1.Cl. The number of carbonyl (C=O) groups excluding carboxylic acids is 1. The lowest BCUT2D eigenvalue weighted by Gasteiger charge is -2.29. The Kier molecular flexibility index (Phi) is 4.16. The van der Waals surface area contributed by atoms with Gasteiger partial charge in [-0.15, -0.1) is 12.4 Å². The Labute approximate surface area is 119 Å². The molecule has 2 atom stereocenters. The first-order chi connectivity index (χ1) is 8.61. The van der Waals surface area contributed by atoms with Crippen LogP contribution in [0.15, 0.2) is 6.07 Å². The van der Waals surface area contributed by atoms with Crippen molar-refractivity contribution in [3.05, 3.63) is 17.5 Å². The molecular weight excluding hydrogens is 264 g/mol. The van der Waals surface area contributed by atoms with Crippen molar-refractivity contribution in [2.24, 2.45) is 7.05 Å². The monoisotopic (exact) mass is 284 g/mol. The Balaban J connectivity index is 0.00000133. The summed E-state index contributed by atoms with van der Waals surface area (Å²) in [5.41, 5.74) is 1.53. The topological polar surface area (TPSA) is 59.0 Å². The molecule has 106 valence electrons. The van der Waals surface area contributed by atoms with E-state index in [0.717, 1.165) is 18.5 Å². The quantitative estimate of drug-likeness (QED) is 0.857. The average Bonchev–Trinajstić information content (AvgIpc) is 2.81. The minimum atomic E-state index is 0. The standard InChI is InChI=1S/C13H20N4O.ClH/c1-8-5-12(17(2)16-8)13(18)15-11-6-9-3-4-10(7-11)14-9;/h5,9-11,14H,3-4,6-7H2,1-2H3,(H,15,18);1H. The van der Waals surface area contributed by atoms with Crippen LogP contribution >= 0.6 is 12.4 Å². The number of hydrogen-bond donors (Lipinski definition) is 2. The lowest BCUT2D eigenvalue weighted by Crippen LogP contribution is -2.48. The first-order valence-electron chi connectivity index (χ1n) is 6.69. The molecule has 1 amide bonds. The molecule has 2 saturated heterocycles. The molecule has 3 heterocycles. The van der Waals surface area contributed by atoms with Gasteiger partial charge in [-0.2, -0.15) is 5.10 Å². The van der Waals surface area contributed by atoms with Crippen molar-refractivity contribution in [1.29, 1.82) is 0 Å². The number of piperidine rings is 1. The van der Waals surface area contributed by atoms with Crippen molar-refractivity contribution >= 4 is 18.3 Å². The lowest BCUT2D eigenvalue weighted by atomic mass is 10.00. The van der Waals surface area contributed by atoms with E-state index in [4.69, 9.17) is 0 Å². The zero-order valence-corrected chi connectivity index (χ0v) is 12.2. The molecule has 0 aliphatic carbocycles. The van der Waals surface area contributed by atoms with Gasteiger partial charge in [0.2, 0.25) is 0 Å². The highest BCUT2D eigenvalue weighted by Crippen LogP contribution is 2.26. The highest BCUT2D eigenvalue weighted by molar-refractivity contribution is 5.92. The fourth-order valence-electron chi connectivity index (χ4n) is 3.26. The van der Waals surface area contributed by atoms with Crippen LogP contribution in [0.4, 0.5) is 0 Å². The first-order valence-corrected chi connectivity index (χ1v) is 6.69. The Hall–Kier alpha value is -1.07. The van der Waals surface area contributed by atoms with Gasteiger partial charge < -0.3 is 10.6 Å².